The summed E-state index contributed by atoms with van der Waals surface area (Å²) >= 11 is 0. The molecule has 7 nitrogen and oxygen atoms in total. The van der Waals surface area contributed by atoms with Gasteiger partial charge in [0.2, 0.25) is 11.8 Å². The molecule has 37 heavy (non-hydrogen) atoms. The van der Waals surface area contributed by atoms with Crippen LogP contribution in [-0.2, 0) is 20.9 Å². The van der Waals surface area contributed by atoms with Crippen LogP contribution in [0.3, 0.4) is 0 Å². The fourth-order valence-electron chi connectivity index (χ4n) is 4.35. The Morgan fingerprint density at radius 2 is 1.70 bits per heavy atom. The minimum Gasteiger partial charge on any atom is -0.444 e. The number of nitrogens with one attached hydrogen (secondary N) is 2. The minimum absolute atomic E-state index is 0.0596. The van der Waals surface area contributed by atoms with E-state index in [0.717, 1.165) is 29.5 Å². The van der Waals surface area contributed by atoms with Crippen LogP contribution in [0, 0.1) is 12.8 Å². The van der Waals surface area contributed by atoms with Crippen molar-refractivity contribution >= 4 is 17.9 Å². The second-order valence-electron chi connectivity index (χ2n) is 11.3. The summed E-state index contributed by atoms with van der Waals surface area (Å²) in [6.07, 6.45) is 1.44. The molecule has 200 valence electrons. The number of nitrogens with zero attached hydrogens (tertiary/aromatic N) is 1. The average molecular weight is 508 g/mol. The van der Waals surface area contributed by atoms with Gasteiger partial charge in [0.25, 0.3) is 0 Å². The SMILES string of the molecule is Cc1cccc(C(C(=O)NCc2ccccc2)N(C(=O)C(CC(C)C)NC(=O)OC(C)(C)C)C2CC2)c1. The van der Waals surface area contributed by atoms with Gasteiger partial charge in [-0.1, -0.05) is 74.0 Å². The first-order chi connectivity index (χ1) is 17.4. The highest BCUT2D eigenvalue weighted by molar-refractivity contribution is 5.92. The molecule has 0 spiro atoms. The summed E-state index contributed by atoms with van der Waals surface area (Å²) in [7, 11) is 0. The molecule has 1 fully saturated rings. The van der Waals surface area contributed by atoms with Crippen LogP contribution in [0.4, 0.5) is 4.79 Å². The third kappa shape index (κ3) is 8.62. The third-order valence-electron chi connectivity index (χ3n) is 6.08. The van der Waals surface area contributed by atoms with Crippen molar-refractivity contribution in [1.29, 1.82) is 0 Å². The summed E-state index contributed by atoms with van der Waals surface area (Å²) in [5.41, 5.74) is 2.05. The molecule has 1 saturated carbocycles. The minimum atomic E-state index is -0.807. The molecule has 0 radical (unpaired) electrons. The summed E-state index contributed by atoms with van der Waals surface area (Å²) in [5.74, 6) is -0.354. The van der Waals surface area contributed by atoms with Crippen LogP contribution >= 0.6 is 0 Å². The van der Waals surface area contributed by atoms with Crippen molar-refractivity contribution in [3.63, 3.8) is 0 Å². The van der Waals surface area contributed by atoms with Crippen molar-refractivity contribution in [3.8, 4) is 0 Å². The molecule has 0 saturated heterocycles. The Kier molecular flexibility index (Phi) is 9.35. The van der Waals surface area contributed by atoms with Crippen molar-refractivity contribution in [1.82, 2.24) is 15.5 Å². The first-order valence-corrected chi connectivity index (χ1v) is 13.1. The monoisotopic (exact) mass is 507 g/mol. The molecule has 3 rings (SSSR count). The van der Waals surface area contributed by atoms with Crippen molar-refractivity contribution in [2.45, 2.75) is 91.1 Å². The topological polar surface area (TPSA) is 87.7 Å². The molecule has 2 N–H and O–H groups in total. The highest BCUT2D eigenvalue weighted by Crippen LogP contribution is 2.36. The maximum Gasteiger partial charge on any atom is 0.408 e. The summed E-state index contributed by atoms with van der Waals surface area (Å²) in [6, 6.07) is 15.7. The van der Waals surface area contributed by atoms with Gasteiger partial charge in [0.1, 0.15) is 17.7 Å². The predicted molar refractivity (Wildman–Crippen MR) is 145 cm³/mol. The van der Waals surface area contributed by atoms with E-state index in [1.165, 1.54) is 0 Å². The number of carbonyl (C=O) groups excluding carboxylic acids is 3. The zero-order chi connectivity index (χ0) is 27.2. The maximum absolute atomic E-state index is 14.1. The van der Waals surface area contributed by atoms with Gasteiger partial charge >= 0.3 is 6.09 Å². The summed E-state index contributed by atoms with van der Waals surface area (Å²) < 4.78 is 5.45. The summed E-state index contributed by atoms with van der Waals surface area (Å²) in [6.45, 7) is 11.7. The molecule has 1 aliphatic carbocycles. The zero-order valence-corrected chi connectivity index (χ0v) is 22.9. The van der Waals surface area contributed by atoms with Gasteiger partial charge < -0.3 is 20.3 Å². The summed E-state index contributed by atoms with van der Waals surface area (Å²) in [4.78, 5) is 42.2. The predicted octanol–water partition coefficient (Wildman–Crippen LogP) is 5.28. The van der Waals surface area contributed by atoms with Crippen molar-refractivity contribution < 1.29 is 19.1 Å². The quantitative estimate of drug-likeness (QED) is 0.458. The van der Waals surface area contributed by atoms with Crippen molar-refractivity contribution in [2.75, 3.05) is 0 Å². The van der Waals surface area contributed by atoms with E-state index in [0.29, 0.717) is 13.0 Å². The van der Waals surface area contributed by atoms with Crippen molar-refractivity contribution in [3.05, 3.63) is 71.3 Å². The molecule has 2 aromatic rings. The molecule has 1 aliphatic rings. The van der Waals surface area contributed by atoms with Gasteiger partial charge in [-0.2, -0.15) is 0 Å². The van der Waals surface area contributed by atoms with Gasteiger partial charge in [0.05, 0.1) is 0 Å². The number of amides is 3. The fourth-order valence-corrected chi connectivity index (χ4v) is 4.35. The van der Waals surface area contributed by atoms with Crippen LogP contribution in [0.1, 0.15) is 76.6 Å². The normalized spacial score (nSPS) is 15.0. The van der Waals surface area contributed by atoms with E-state index in [9.17, 15) is 14.4 Å². The molecule has 2 unspecified atom stereocenters. The van der Waals surface area contributed by atoms with E-state index in [1.54, 1.807) is 25.7 Å². The van der Waals surface area contributed by atoms with E-state index < -0.39 is 23.8 Å². The lowest BCUT2D eigenvalue weighted by Gasteiger charge is -2.35. The van der Waals surface area contributed by atoms with Gasteiger partial charge in [0.15, 0.2) is 0 Å². The molecule has 2 aromatic carbocycles. The number of hydrogen-bond acceptors (Lipinski definition) is 4. The van der Waals surface area contributed by atoms with E-state index in [1.807, 2.05) is 75.4 Å². The molecule has 0 aliphatic heterocycles. The number of benzene rings is 2. The lowest BCUT2D eigenvalue weighted by Crippen LogP contribution is -2.54. The molecule has 2 atom stereocenters. The number of rotatable bonds is 10. The molecule has 0 aromatic heterocycles. The summed E-state index contributed by atoms with van der Waals surface area (Å²) in [5, 5.41) is 5.84. The standard InChI is InChI=1S/C30H41N3O4/c1-20(2)17-25(32-29(36)37-30(4,5)6)28(35)33(24-15-16-24)26(23-14-10-11-21(3)18-23)27(34)31-19-22-12-8-7-9-13-22/h7-14,18,20,24-26H,15-17,19H2,1-6H3,(H,31,34)(H,32,36). The van der Waals surface area contributed by atoms with E-state index in [2.05, 4.69) is 10.6 Å². The third-order valence-corrected chi connectivity index (χ3v) is 6.08. The van der Waals surface area contributed by atoms with Gasteiger partial charge in [-0.25, -0.2) is 4.79 Å². The van der Waals surface area contributed by atoms with Gasteiger partial charge in [0, 0.05) is 12.6 Å². The Morgan fingerprint density at radius 3 is 2.27 bits per heavy atom. The van der Waals surface area contributed by atoms with Gasteiger partial charge in [-0.3, -0.25) is 9.59 Å². The average Bonchev–Trinajstić information content (AvgIpc) is 3.64. The molecule has 3 amide bonds. The molecule has 0 bridgehead atoms. The number of alkyl carbamates (subject to hydrolysis) is 1. The molecule has 7 heteroatoms. The second-order valence-corrected chi connectivity index (χ2v) is 11.3. The number of carbonyl (C=O) groups is 3. The van der Waals surface area contributed by atoms with E-state index in [-0.39, 0.29) is 23.8 Å². The van der Waals surface area contributed by atoms with Crippen LogP contribution in [0.25, 0.3) is 0 Å². The zero-order valence-electron chi connectivity index (χ0n) is 22.9. The van der Waals surface area contributed by atoms with Crippen LogP contribution in [0.2, 0.25) is 0 Å². The Bertz CT molecular complexity index is 1070. The largest absolute Gasteiger partial charge is 0.444 e. The smallest absolute Gasteiger partial charge is 0.408 e. The first-order valence-electron chi connectivity index (χ1n) is 13.1. The maximum atomic E-state index is 14.1. The fraction of sp³-hybridized carbons (Fsp3) is 0.500. The Labute approximate surface area is 221 Å². The molecular formula is C30H41N3O4. The number of hydrogen-bond donors (Lipinski definition) is 2. The van der Waals surface area contributed by atoms with Crippen LogP contribution in [0.15, 0.2) is 54.6 Å². The molecule has 0 heterocycles. The molecular weight excluding hydrogens is 466 g/mol. The van der Waals surface area contributed by atoms with E-state index >= 15 is 0 Å². The van der Waals surface area contributed by atoms with E-state index in [4.69, 9.17) is 4.74 Å². The number of aryl methyl sites for hydroxylation is 1. The Balaban J connectivity index is 1.93. The van der Waals surface area contributed by atoms with Crippen LogP contribution in [0.5, 0.6) is 0 Å². The highest BCUT2D eigenvalue weighted by Gasteiger charge is 2.44. The highest BCUT2D eigenvalue weighted by atomic mass is 16.6. The first kappa shape index (κ1) is 28.2. The lowest BCUT2D eigenvalue weighted by atomic mass is 9.98. The lowest BCUT2D eigenvalue weighted by molar-refractivity contribution is -0.143. The second kappa shape index (κ2) is 12.3. The Morgan fingerprint density at radius 1 is 1.03 bits per heavy atom. The number of ether oxygens (including phenoxy) is 1. The van der Waals surface area contributed by atoms with Crippen LogP contribution < -0.4 is 10.6 Å². The van der Waals surface area contributed by atoms with Gasteiger partial charge in [-0.15, -0.1) is 0 Å². The van der Waals surface area contributed by atoms with Crippen molar-refractivity contribution in [2.24, 2.45) is 5.92 Å². The Hall–Kier alpha value is -3.35. The van der Waals surface area contributed by atoms with Gasteiger partial charge in [-0.05, 0) is 64.0 Å². The van der Waals surface area contributed by atoms with Crippen LogP contribution in [-0.4, -0.2) is 40.5 Å².